The van der Waals surface area contributed by atoms with Crippen molar-refractivity contribution in [2.45, 2.75) is 18.9 Å². The number of nitrogens with one attached hydrogen (secondary N) is 1. The fourth-order valence-electron chi connectivity index (χ4n) is 3.29. The van der Waals surface area contributed by atoms with Gasteiger partial charge in [0.25, 0.3) is 0 Å². The van der Waals surface area contributed by atoms with Crippen molar-refractivity contribution < 1.29 is 13.2 Å². The largest absolute Gasteiger partial charge is 0.342 e. The number of likely N-dealkylation sites (tertiary alicyclic amines) is 1. The van der Waals surface area contributed by atoms with Gasteiger partial charge in [0.2, 0.25) is 0 Å². The van der Waals surface area contributed by atoms with Crippen LogP contribution in [0.1, 0.15) is 23.7 Å². The zero-order valence-electron chi connectivity index (χ0n) is 12.9. The SMILES string of the molecule is Fc1ccc2nc(C3CCN(Cc4ccc(F)c(F)c4)C3)[nH]c2c1. The third-order valence-electron chi connectivity index (χ3n) is 4.51. The highest BCUT2D eigenvalue weighted by Crippen LogP contribution is 2.28. The minimum atomic E-state index is -0.826. The molecule has 24 heavy (non-hydrogen) atoms. The Morgan fingerprint density at radius 2 is 1.96 bits per heavy atom. The fraction of sp³-hybridized carbons (Fsp3) is 0.278. The molecule has 3 nitrogen and oxygen atoms in total. The highest BCUT2D eigenvalue weighted by molar-refractivity contribution is 5.75. The standard InChI is InChI=1S/C18H16F3N3/c19-13-2-4-16-17(8-13)23-18(22-16)12-5-6-24(10-12)9-11-1-3-14(20)15(21)7-11/h1-4,7-8,12H,5-6,9-10H2,(H,22,23). The molecule has 124 valence electrons. The van der Waals surface area contributed by atoms with Crippen LogP contribution in [-0.4, -0.2) is 28.0 Å². The summed E-state index contributed by atoms with van der Waals surface area (Å²) in [5, 5.41) is 0. The van der Waals surface area contributed by atoms with Crippen LogP contribution >= 0.6 is 0 Å². The number of H-pyrrole nitrogens is 1. The molecule has 1 unspecified atom stereocenters. The topological polar surface area (TPSA) is 31.9 Å². The van der Waals surface area contributed by atoms with E-state index < -0.39 is 11.6 Å². The molecule has 2 heterocycles. The number of imidazole rings is 1. The molecule has 0 bridgehead atoms. The number of aromatic amines is 1. The van der Waals surface area contributed by atoms with Crippen LogP contribution in [0.25, 0.3) is 11.0 Å². The Kier molecular flexibility index (Phi) is 3.76. The highest BCUT2D eigenvalue weighted by Gasteiger charge is 2.26. The van der Waals surface area contributed by atoms with Crippen molar-refractivity contribution in [3.05, 3.63) is 65.2 Å². The van der Waals surface area contributed by atoms with Gasteiger partial charge in [-0.3, -0.25) is 4.90 Å². The van der Waals surface area contributed by atoms with E-state index in [-0.39, 0.29) is 11.7 Å². The number of nitrogens with zero attached hydrogens (tertiary/aromatic N) is 2. The predicted molar refractivity (Wildman–Crippen MR) is 85.0 cm³/mol. The monoisotopic (exact) mass is 331 g/mol. The summed E-state index contributed by atoms with van der Waals surface area (Å²) in [6, 6.07) is 8.52. The van der Waals surface area contributed by atoms with Gasteiger partial charge in [-0.1, -0.05) is 6.07 Å². The zero-order valence-corrected chi connectivity index (χ0v) is 12.9. The molecule has 0 aliphatic carbocycles. The average molecular weight is 331 g/mol. The van der Waals surface area contributed by atoms with Crippen LogP contribution in [0, 0.1) is 17.5 Å². The summed E-state index contributed by atoms with van der Waals surface area (Å²) >= 11 is 0. The van der Waals surface area contributed by atoms with Crippen molar-refractivity contribution >= 4 is 11.0 Å². The first-order valence-electron chi connectivity index (χ1n) is 7.90. The quantitative estimate of drug-likeness (QED) is 0.787. The first-order valence-corrected chi connectivity index (χ1v) is 7.90. The fourth-order valence-corrected chi connectivity index (χ4v) is 3.29. The van der Waals surface area contributed by atoms with Gasteiger partial charge in [0, 0.05) is 19.0 Å². The van der Waals surface area contributed by atoms with E-state index in [4.69, 9.17) is 0 Å². The van der Waals surface area contributed by atoms with Crippen LogP contribution in [0.3, 0.4) is 0 Å². The van der Waals surface area contributed by atoms with Gasteiger partial charge in [0.05, 0.1) is 11.0 Å². The number of fused-ring (bicyclic) bond motifs is 1. The van der Waals surface area contributed by atoms with E-state index in [0.717, 1.165) is 42.5 Å². The molecule has 0 amide bonds. The van der Waals surface area contributed by atoms with Gasteiger partial charge in [-0.15, -0.1) is 0 Å². The molecule has 0 radical (unpaired) electrons. The lowest BCUT2D eigenvalue weighted by Crippen LogP contribution is -2.20. The number of benzene rings is 2. The van der Waals surface area contributed by atoms with Gasteiger partial charge >= 0.3 is 0 Å². The first kappa shape index (κ1) is 15.2. The lowest BCUT2D eigenvalue weighted by molar-refractivity contribution is 0.325. The van der Waals surface area contributed by atoms with Gasteiger partial charge in [-0.25, -0.2) is 18.2 Å². The van der Waals surface area contributed by atoms with Gasteiger partial charge in [0.15, 0.2) is 11.6 Å². The number of aromatic nitrogens is 2. The molecule has 1 atom stereocenters. The smallest absolute Gasteiger partial charge is 0.159 e. The summed E-state index contributed by atoms with van der Waals surface area (Å²) in [7, 11) is 0. The van der Waals surface area contributed by atoms with Crippen LogP contribution in [0.2, 0.25) is 0 Å². The van der Waals surface area contributed by atoms with Gasteiger partial charge < -0.3 is 4.98 Å². The Morgan fingerprint density at radius 3 is 2.79 bits per heavy atom. The van der Waals surface area contributed by atoms with Crippen LogP contribution in [0.5, 0.6) is 0 Å². The second-order valence-corrected chi connectivity index (χ2v) is 6.25. The van der Waals surface area contributed by atoms with E-state index in [1.807, 2.05) is 0 Å². The average Bonchev–Trinajstić information content (AvgIpc) is 3.17. The van der Waals surface area contributed by atoms with Gasteiger partial charge in [-0.05, 0) is 48.9 Å². The maximum absolute atomic E-state index is 13.3. The second-order valence-electron chi connectivity index (χ2n) is 6.25. The van der Waals surface area contributed by atoms with Crippen LogP contribution < -0.4 is 0 Å². The van der Waals surface area contributed by atoms with E-state index in [1.54, 1.807) is 12.1 Å². The van der Waals surface area contributed by atoms with Crippen molar-refractivity contribution in [3.63, 3.8) is 0 Å². The number of hydrogen-bond donors (Lipinski definition) is 1. The van der Waals surface area contributed by atoms with Crippen molar-refractivity contribution in [1.29, 1.82) is 0 Å². The van der Waals surface area contributed by atoms with E-state index in [0.29, 0.717) is 12.1 Å². The summed E-state index contributed by atoms with van der Waals surface area (Å²) in [5.41, 5.74) is 2.20. The van der Waals surface area contributed by atoms with Crippen molar-refractivity contribution in [1.82, 2.24) is 14.9 Å². The third-order valence-corrected chi connectivity index (χ3v) is 4.51. The van der Waals surface area contributed by atoms with E-state index in [1.165, 1.54) is 18.2 Å². The second kappa shape index (κ2) is 5.94. The third kappa shape index (κ3) is 2.89. The van der Waals surface area contributed by atoms with Gasteiger partial charge in [0.1, 0.15) is 11.6 Å². The molecule has 3 aromatic rings. The van der Waals surface area contributed by atoms with Crippen molar-refractivity contribution in [2.24, 2.45) is 0 Å². The van der Waals surface area contributed by atoms with Crippen molar-refractivity contribution in [3.8, 4) is 0 Å². The highest BCUT2D eigenvalue weighted by atomic mass is 19.2. The predicted octanol–water partition coefficient (Wildman–Crippen LogP) is 3.97. The first-order chi connectivity index (χ1) is 11.6. The Balaban J connectivity index is 1.47. The summed E-state index contributed by atoms with van der Waals surface area (Å²) in [6.07, 6.45) is 0.923. The summed E-state index contributed by atoms with van der Waals surface area (Å²) in [5.74, 6) is -0.853. The minimum Gasteiger partial charge on any atom is -0.342 e. The molecule has 1 aliphatic heterocycles. The molecule has 1 aromatic heterocycles. The number of hydrogen-bond acceptors (Lipinski definition) is 2. The van der Waals surface area contributed by atoms with E-state index in [2.05, 4.69) is 14.9 Å². The van der Waals surface area contributed by atoms with Crippen LogP contribution in [0.15, 0.2) is 36.4 Å². The normalized spacial score (nSPS) is 18.5. The maximum atomic E-state index is 13.3. The Labute approximate surface area is 137 Å². The lowest BCUT2D eigenvalue weighted by atomic mass is 10.1. The molecule has 0 spiro atoms. The zero-order chi connectivity index (χ0) is 16.7. The van der Waals surface area contributed by atoms with Crippen LogP contribution in [0.4, 0.5) is 13.2 Å². The summed E-state index contributed by atoms with van der Waals surface area (Å²) in [4.78, 5) is 9.92. The van der Waals surface area contributed by atoms with Crippen molar-refractivity contribution in [2.75, 3.05) is 13.1 Å². The lowest BCUT2D eigenvalue weighted by Gasteiger charge is -2.15. The molecule has 1 saturated heterocycles. The minimum absolute atomic E-state index is 0.228. The molecule has 6 heteroatoms. The van der Waals surface area contributed by atoms with Crippen LogP contribution in [-0.2, 0) is 6.54 Å². The Morgan fingerprint density at radius 1 is 1.08 bits per heavy atom. The molecule has 4 rings (SSSR count). The molecular weight excluding hydrogens is 315 g/mol. The number of rotatable bonds is 3. The molecule has 0 saturated carbocycles. The van der Waals surface area contributed by atoms with E-state index >= 15 is 0 Å². The molecule has 1 N–H and O–H groups in total. The molecular formula is C18H16F3N3. The van der Waals surface area contributed by atoms with E-state index in [9.17, 15) is 13.2 Å². The Hall–Kier alpha value is -2.34. The molecule has 1 fully saturated rings. The number of halogens is 3. The molecule has 2 aromatic carbocycles. The van der Waals surface area contributed by atoms with Gasteiger partial charge in [-0.2, -0.15) is 0 Å². The summed E-state index contributed by atoms with van der Waals surface area (Å²) < 4.78 is 39.6. The maximum Gasteiger partial charge on any atom is 0.159 e. The Bertz CT molecular complexity index is 890. The molecule has 1 aliphatic rings. The summed E-state index contributed by atoms with van der Waals surface area (Å²) in [6.45, 7) is 2.21.